The van der Waals surface area contributed by atoms with Crippen molar-refractivity contribution in [3.63, 3.8) is 0 Å². The molecule has 108 valence electrons. The van der Waals surface area contributed by atoms with Gasteiger partial charge in [-0.05, 0) is 84.8 Å². The minimum atomic E-state index is 0.235. The van der Waals surface area contributed by atoms with Gasteiger partial charge in [-0.25, -0.2) is 0 Å². The fraction of sp³-hybridized carbons (Fsp3) is 0.375. The van der Waals surface area contributed by atoms with Gasteiger partial charge >= 0.3 is 0 Å². The molecule has 0 saturated heterocycles. The van der Waals surface area contributed by atoms with Gasteiger partial charge in [0, 0.05) is 18.3 Å². The number of benzene rings is 1. The number of nitrogens with one attached hydrogen (secondary N) is 1. The maximum Gasteiger partial charge on any atom is 0.0684 e. The summed E-state index contributed by atoms with van der Waals surface area (Å²) in [6.07, 6.45) is 1.12. The first-order valence-electron chi connectivity index (χ1n) is 6.78. The summed E-state index contributed by atoms with van der Waals surface area (Å²) in [5.41, 5.74) is 2.63. The van der Waals surface area contributed by atoms with E-state index in [0.29, 0.717) is 0 Å². The maximum absolute atomic E-state index is 6.20. The summed E-state index contributed by atoms with van der Waals surface area (Å²) in [4.78, 5) is 2.76. The van der Waals surface area contributed by atoms with Crippen molar-refractivity contribution in [3.8, 4) is 0 Å². The molecule has 0 aliphatic rings. The molecular formula is C16H19ClINS. The van der Waals surface area contributed by atoms with Crippen LogP contribution in [0, 0.1) is 17.4 Å². The lowest BCUT2D eigenvalue weighted by molar-refractivity contribution is 0.602. The normalized spacial score (nSPS) is 12.7. The third kappa shape index (κ3) is 3.75. The number of hydrogen-bond acceptors (Lipinski definition) is 2. The second-order valence-corrected chi connectivity index (χ2v) is 7.84. The molecule has 4 heteroatoms. The molecule has 0 amide bonds. The van der Waals surface area contributed by atoms with Crippen molar-refractivity contribution in [1.82, 2.24) is 5.32 Å². The van der Waals surface area contributed by atoms with Crippen LogP contribution in [0.15, 0.2) is 24.3 Å². The van der Waals surface area contributed by atoms with Crippen molar-refractivity contribution in [2.45, 2.75) is 33.2 Å². The summed E-state index contributed by atoms with van der Waals surface area (Å²) in [6, 6.07) is 8.63. The molecule has 1 unspecified atom stereocenters. The number of rotatable bonds is 5. The molecule has 0 radical (unpaired) electrons. The Kier molecular flexibility index (Phi) is 5.90. The molecule has 0 bridgehead atoms. The summed E-state index contributed by atoms with van der Waals surface area (Å²) < 4.78 is 1.26. The van der Waals surface area contributed by atoms with Gasteiger partial charge in [-0.15, -0.1) is 11.3 Å². The Labute approximate surface area is 143 Å². The van der Waals surface area contributed by atoms with Crippen LogP contribution in [0.5, 0.6) is 0 Å². The van der Waals surface area contributed by atoms with Crippen LogP contribution in [0.4, 0.5) is 0 Å². The molecule has 1 atom stereocenters. The highest BCUT2D eigenvalue weighted by atomic mass is 127. The van der Waals surface area contributed by atoms with Gasteiger partial charge in [-0.2, -0.15) is 0 Å². The third-order valence-corrected chi connectivity index (χ3v) is 5.64. The van der Waals surface area contributed by atoms with Gasteiger partial charge in [0.05, 0.1) is 6.04 Å². The number of halogens is 2. The van der Waals surface area contributed by atoms with E-state index >= 15 is 0 Å². The lowest BCUT2D eigenvalue weighted by Gasteiger charge is -2.20. The zero-order chi connectivity index (χ0) is 14.7. The van der Waals surface area contributed by atoms with Crippen molar-refractivity contribution < 1.29 is 0 Å². The van der Waals surface area contributed by atoms with E-state index in [1.165, 1.54) is 24.5 Å². The van der Waals surface area contributed by atoms with E-state index in [1.54, 1.807) is 0 Å². The van der Waals surface area contributed by atoms with Gasteiger partial charge in [-0.1, -0.05) is 18.5 Å². The maximum atomic E-state index is 6.20. The lowest BCUT2D eigenvalue weighted by Crippen LogP contribution is -2.23. The van der Waals surface area contributed by atoms with Crippen LogP contribution in [0.25, 0.3) is 0 Å². The molecule has 2 rings (SSSR count). The summed E-state index contributed by atoms with van der Waals surface area (Å²) in [5.74, 6) is 0. The highest BCUT2D eigenvalue weighted by Gasteiger charge is 2.20. The van der Waals surface area contributed by atoms with Crippen LogP contribution in [-0.2, 0) is 0 Å². The molecule has 1 nitrogen and oxygen atoms in total. The Hall–Kier alpha value is -0.100. The van der Waals surface area contributed by atoms with Gasteiger partial charge in [0.1, 0.15) is 0 Å². The van der Waals surface area contributed by atoms with Crippen LogP contribution in [0.3, 0.4) is 0 Å². The van der Waals surface area contributed by atoms with E-state index in [1.807, 2.05) is 17.4 Å². The minimum absolute atomic E-state index is 0.235. The zero-order valence-electron chi connectivity index (χ0n) is 12.0. The van der Waals surface area contributed by atoms with Crippen molar-refractivity contribution in [2.24, 2.45) is 0 Å². The Balaban J connectivity index is 2.46. The molecule has 0 fully saturated rings. The first-order valence-corrected chi connectivity index (χ1v) is 9.05. The summed E-state index contributed by atoms with van der Waals surface area (Å²) >= 11 is 10.5. The van der Waals surface area contributed by atoms with Crippen LogP contribution in [-0.4, -0.2) is 6.54 Å². The number of aryl methyl sites for hydroxylation is 2. The fourth-order valence-corrected chi connectivity index (χ4v) is 4.27. The first-order chi connectivity index (χ1) is 9.52. The highest BCUT2D eigenvalue weighted by molar-refractivity contribution is 14.1. The molecule has 0 saturated carbocycles. The average Bonchev–Trinajstić information content (AvgIpc) is 2.73. The predicted octanol–water partition coefficient (Wildman–Crippen LogP) is 5.71. The van der Waals surface area contributed by atoms with Gasteiger partial charge in [-0.3, -0.25) is 0 Å². The van der Waals surface area contributed by atoms with Crippen molar-refractivity contribution in [2.75, 3.05) is 6.54 Å². The summed E-state index contributed by atoms with van der Waals surface area (Å²) in [7, 11) is 0. The minimum Gasteiger partial charge on any atom is -0.306 e. The topological polar surface area (TPSA) is 12.0 Å². The second-order valence-electron chi connectivity index (χ2n) is 4.96. The van der Waals surface area contributed by atoms with Gasteiger partial charge in [0.2, 0.25) is 0 Å². The molecule has 0 aliphatic carbocycles. The molecule has 1 heterocycles. The monoisotopic (exact) mass is 419 g/mol. The van der Waals surface area contributed by atoms with E-state index in [4.69, 9.17) is 11.6 Å². The highest BCUT2D eigenvalue weighted by Crippen LogP contribution is 2.35. The van der Waals surface area contributed by atoms with Gasteiger partial charge < -0.3 is 5.32 Å². The molecular weight excluding hydrogens is 401 g/mol. The Morgan fingerprint density at radius 2 is 2.05 bits per heavy atom. The van der Waals surface area contributed by atoms with Crippen LogP contribution >= 0.6 is 45.5 Å². The number of hydrogen-bond donors (Lipinski definition) is 1. The average molecular weight is 420 g/mol. The van der Waals surface area contributed by atoms with Crippen molar-refractivity contribution in [3.05, 3.63) is 53.7 Å². The van der Waals surface area contributed by atoms with E-state index in [-0.39, 0.29) is 6.04 Å². The van der Waals surface area contributed by atoms with Crippen LogP contribution in [0.1, 0.15) is 40.3 Å². The Bertz CT molecular complexity index is 594. The molecule has 1 aromatic carbocycles. The Morgan fingerprint density at radius 1 is 1.30 bits per heavy atom. The quantitative estimate of drug-likeness (QED) is 0.612. The lowest BCUT2D eigenvalue weighted by atomic mass is 10.0. The molecule has 1 aromatic heterocycles. The fourth-order valence-electron chi connectivity index (χ4n) is 2.31. The van der Waals surface area contributed by atoms with E-state index in [2.05, 4.69) is 66.9 Å². The third-order valence-electron chi connectivity index (χ3n) is 3.21. The zero-order valence-corrected chi connectivity index (χ0v) is 15.7. The number of thiophene rings is 1. The van der Waals surface area contributed by atoms with Gasteiger partial charge in [0.15, 0.2) is 0 Å². The van der Waals surface area contributed by atoms with Crippen LogP contribution < -0.4 is 5.32 Å². The van der Waals surface area contributed by atoms with Crippen molar-refractivity contribution in [1.29, 1.82) is 0 Å². The second kappa shape index (κ2) is 7.25. The predicted molar refractivity (Wildman–Crippen MR) is 98.1 cm³/mol. The van der Waals surface area contributed by atoms with Gasteiger partial charge in [0.25, 0.3) is 0 Å². The molecule has 0 aliphatic heterocycles. The molecule has 1 N–H and O–H groups in total. The largest absolute Gasteiger partial charge is 0.306 e. The Morgan fingerprint density at radius 3 is 2.65 bits per heavy atom. The van der Waals surface area contributed by atoms with E-state index in [0.717, 1.165) is 18.0 Å². The van der Waals surface area contributed by atoms with Crippen LogP contribution in [0.2, 0.25) is 5.02 Å². The van der Waals surface area contributed by atoms with Crippen molar-refractivity contribution >= 4 is 45.5 Å². The summed E-state index contributed by atoms with van der Waals surface area (Å²) in [6.45, 7) is 7.56. The first kappa shape index (κ1) is 16.3. The van der Waals surface area contributed by atoms with E-state index in [9.17, 15) is 0 Å². The standard InChI is InChI=1S/C16H19ClINS/c1-4-7-19-15(16-10(2)8-11(3)20-16)13-9-12(17)5-6-14(13)18/h5-6,8-9,15,19H,4,7H2,1-3H3. The SMILES string of the molecule is CCCNC(c1cc(Cl)ccc1I)c1sc(C)cc1C. The molecule has 2 aromatic rings. The molecule has 20 heavy (non-hydrogen) atoms. The summed E-state index contributed by atoms with van der Waals surface area (Å²) in [5, 5.41) is 4.47. The van der Waals surface area contributed by atoms with E-state index < -0.39 is 0 Å². The smallest absolute Gasteiger partial charge is 0.0684 e. The molecule has 0 spiro atoms.